The van der Waals surface area contributed by atoms with E-state index >= 15 is 0 Å². The zero-order valence-electron chi connectivity index (χ0n) is 24.5. The van der Waals surface area contributed by atoms with Crippen molar-refractivity contribution in [2.75, 3.05) is 45.3 Å². The number of ether oxygens (including phenoxy) is 2. The lowest BCUT2D eigenvalue weighted by atomic mass is 9.79. The van der Waals surface area contributed by atoms with Crippen LogP contribution >= 0.6 is 0 Å². The number of pyridine rings is 1. The fourth-order valence-corrected chi connectivity index (χ4v) is 6.40. The first-order valence-corrected chi connectivity index (χ1v) is 15.1. The zero-order valence-corrected chi connectivity index (χ0v) is 24.5. The van der Waals surface area contributed by atoms with Gasteiger partial charge in [0.15, 0.2) is 11.5 Å². The Kier molecular flexibility index (Phi) is 9.48. The normalized spacial score (nSPS) is 17.6. The number of hydrogen-bond donors (Lipinski definition) is 1. The van der Waals surface area contributed by atoms with Gasteiger partial charge in [0, 0.05) is 31.0 Å². The topological polar surface area (TPSA) is 58.1 Å². The third-order valence-corrected chi connectivity index (χ3v) is 8.77. The van der Waals surface area contributed by atoms with Crippen LogP contribution in [0.25, 0.3) is 0 Å². The van der Waals surface area contributed by atoms with Crippen molar-refractivity contribution in [2.45, 2.75) is 70.8 Å². The predicted octanol–water partition coefficient (Wildman–Crippen LogP) is 6.52. The Labute approximate surface area is 239 Å². The molecule has 2 heterocycles. The summed E-state index contributed by atoms with van der Waals surface area (Å²) in [7, 11) is 3.41. The van der Waals surface area contributed by atoms with Gasteiger partial charge in [-0.1, -0.05) is 25.0 Å². The van der Waals surface area contributed by atoms with E-state index in [-0.39, 0.29) is 0 Å². The Bertz CT molecular complexity index is 1250. The SMILES string of the molecule is CCN(Cc1ccc(CCN2CCCCCC2)cn1)c1cc(OC)c(OC)cc1C1CCc2cc(O)ccc2C1. The molecule has 0 bridgehead atoms. The molecule has 1 unspecified atom stereocenters. The number of hydrogen-bond acceptors (Lipinski definition) is 6. The molecule has 5 rings (SSSR count). The van der Waals surface area contributed by atoms with Gasteiger partial charge >= 0.3 is 0 Å². The zero-order chi connectivity index (χ0) is 27.9. The van der Waals surface area contributed by atoms with Crippen molar-refractivity contribution in [3.05, 3.63) is 76.6 Å². The number of aromatic hydroxyl groups is 1. The number of fused-ring (bicyclic) bond motifs is 1. The summed E-state index contributed by atoms with van der Waals surface area (Å²) in [4.78, 5) is 9.91. The highest BCUT2D eigenvalue weighted by molar-refractivity contribution is 5.64. The van der Waals surface area contributed by atoms with Crippen LogP contribution in [0.5, 0.6) is 17.2 Å². The van der Waals surface area contributed by atoms with Gasteiger partial charge in [0.2, 0.25) is 0 Å². The van der Waals surface area contributed by atoms with E-state index in [2.05, 4.69) is 53.3 Å². The maximum Gasteiger partial charge on any atom is 0.162 e. The summed E-state index contributed by atoms with van der Waals surface area (Å²) in [5.41, 5.74) is 7.42. The largest absolute Gasteiger partial charge is 0.508 e. The summed E-state index contributed by atoms with van der Waals surface area (Å²) < 4.78 is 11.5. The summed E-state index contributed by atoms with van der Waals surface area (Å²) in [6.07, 6.45) is 11.5. The molecule has 1 aromatic heterocycles. The highest BCUT2D eigenvalue weighted by atomic mass is 16.5. The minimum Gasteiger partial charge on any atom is -0.508 e. The van der Waals surface area contributed by atoms with E-state index in [1.54, 1.807) is 20.3 Å². The summed E-state index contributed by atoms with van der Waals surface area (Å²) >= 11 is 0. The quantitative estimate of drug-likeness (QED) is 0.314. The Morgan fingerprint density at radius 3 is 2.42 bits per heavy atom. The monoisotopic (exact) mass is 543 g/mol. The highest BCUT2D eigenvalue weighted by Crippen LogP contribution is 2.43. The third-order valence-electron chi connectivity index (χ3n) is 8.77. The molecule has 3 aromatic rings. The Hall–Kier alpha value is -3.25. The maximum absolute atomic E-state index is 9.96. The molecule has 40 heavy (non-hydrogen) atoms. The molecular weight excluding hydrogens is 498 g/mol. The van der Waals surface area contributed by atoms with Gasteiger partial charge in [0.25, 0.3) is 0 Å². The van der Waals surface area contributed by atoms with Gasteiger partial charge in [0.1, 0.15) is 5.75 Å². The van der Waals surface area contributed by atoms with E-state index in [4.69, 9.17) is 14.5 Å². The van der Waals surface area contributed by atoms with Crippen LogP contribution in [0.3, 0.4) is 0 Å². The summed E-state index contributed by atoms with van der Waals surface area (Å²) in [5, 5.41) is 9.96. The minimum atomic E-state index is 0.349. The fourth-order valence-electron chi connectivity index (χ4n) is 6.40. The van der Waals surface area contributed by atoms with Gasteiger partial charge in [-0.25, -0.2) is 0 Å². The average molecular weight is 544 g/mol. The number of aromatic nitrogens is 1. The number of nitrogens with zero attached hydrogens (tertiary/aromatic N) is 3. The van der Waals surface area contributed by atoms with Crippen molar-refractivity contribution >= 4 is 5.69 Å². The molecule has 1 fully saturated rings. The Morgan fingerprint density at radius 1 is 0.950 bits per heavy atom. The first-order chi connectivity index (χ1) is 19.6. The number of methoxy groups -OCH3 is 2. The fraction of sp³-hybridized carbons (Fsp3) is 0.500. The van der Waals surface area contributed by atoms with E-state index in [0.717, 1.165) is 62.5 Å². The molecule has 1 aliphatic heterocycles. The van der Waals surface area contributed by atoms with Crippen LogP contribution < -0.4 is 14.4 Å². The minimum absolute atomic E-state index is 0.349. The van der Waals surface area contributed by atoms with Crippen molar-refractivity contribution in [2.24, 2.45) is 0 Å². The maximum atomic E-state index is 9.96. The first-order valence-electron chi connectivity index (χ1n) is 15.1. The molecule has 0 spiro atoms. The molecule has 2 aliphatic rings. The Morgan fingerprint density at radius 2 is 1.73 bits per heavy atom. The van der Waals surface area contributed by atoms with Crippen molar-refractivity contribution in [1.82, 2.24) is 9.88 Å². The first kappa shape index (κ1) is 28.3. The molecule has 1 aliphatic carbocycles. The molecule has 0 saturated carbocycles. The van der Waals surface area contributed by atoms with Gasteiger partial charge in [-0.2, -0.15) is 0 Å². The molecule has 6 nitrogen and oxygen atoms in total. The number of phenolic OH excluding ortho intramolecular Hbond substituents is 1. The molecule has 6 heteroatoms. The lowest BCUT2D eigenvalue weighted by Crippen LogP contribution is -2.27. The number of phenols is 1. The van der Waals surface area contributed by atoms with Crippen molar-refractivity contribution in [1.29, 1.82) is 0 Å². The summed E-state index contributed by atoms with van der Waals surface area (Å²) in [6, 6.07) is 14.6. The molecule has 0 amide bonds. The number of anilines is 1. The second-order valence-corrected chi connectivity index (χ2v) is 11.3. The van der Waals surface area contributed by atoms with Crippen LogP contribution in [0.4, 0.5) is 5.69 Å². The van der Waals surface area contributed by atoms with Gasteiger partial charge in [-0.15, -0.1) is 0 Å². The molecular formula is C34H45N3O3. The van der Waals surface area contributed by atoms with Gasteiger partial charge in [0.05, 0.1) is 26.5 Å². The van der Waals surface area contributed by atoms with Crippen LogP contribution in [0.1, 0.15) is 72.9 Å². The van der Waals surface area contributed by atoms with Gasteiger partial charge < -0.3 is 24.4 Å². The number of benzene rings is 2. The number of aryl methyl sites for hydroxylation is 1. The van der Waals surface area contributed by atoms with Crippen molar-refractivity contribution < 1.29 is 14.6 Å². The standard InChI is InChI=1S/C34H45N3O3/c1-4-37(24-29-13-9-25(23-35-29)15-18-36-16-7-5-6-8-17-36)32-22-34(40-3)33(39-2)21-31(32)28-11-10-27-20-30(38)14-12-26(27)19-28/h9,12-14,20-23,28,38H,4-8,10-11,15-19,24H2,1-3H3. The van der Waals surface area contributed by atoms with Crippen LogP contribution in [0.2, 0.25) is 0 Å². The van der Waals surface area contributed by atoms with E-state index in [1.807, 2.05) is 6.07 Å². The van der Waals surface area contributed by atoms with Crippen LogP contribution in [-0.2, 0) is 25.8 Å². The van der Waals surface area contributed by atoms with Gasteiger partial charge in [-0.3, -0.25) is 4.98 Å². The molecule has 1 saturated heterocycles. The predicted molar refractivity (Wildman–Crippen MR) is 162 cm³/mol. The van der Waals surface area contributed by atoms with E-state index in [0.29, 0.717) is 11.7 Å². The number of rotatable bonds is 10. The molecule has 1 atom stereocenters. The third kappa shape index (κ3) is 6.72. The summed E-state index contributed by atoms with van der Waals surface area (Å²) in [6.45, 7) is 7.40. The second-order valence-electron chi connectivity index (χ2n) is 11.3. The molecule has 2 aromatic carbocycles. The van der Waals surface area contributed by atoms with Gasteiger partial charge in [-0.05, 0) is 111 Å². The average Bonchev–Trinajstić information content (AvgIpc) is 3.27. The Balaban J connectivity index is 1.34. The summed E-state index contributed by atoms with van der Waals surface area (Å²) in [5.74, 6) is 2.22. The van der Waals surface area contributed by atoms with E-state index in [9.17, 15) is 5.11 Å². The molecule has 1 N–H and O–H groups in total. The van der Waals surface area contributed by atoms with Crippen molar-refractivity contribution in [3.63, 3.8) is 0 Å². The van der Waals surface area contributed by atoms with Crippen LogP contribution in [0.15, 0.2) is 48.7 Å². The lowest BCUT2D eigenvalue weighted by Gasteiger charge is -2.32. The smallest absolute Gasteiger partial charge is 0.162 e. The molecule has 214 valence electrons. The molecule has 0 radical (unpaired) electrons. The van der Waals surface area contributed by atoms with Crippen LogP contribution in [-0.4, -0.2) is 55.4 Å². The van der Waals surface area contributed by atoms with E-state index < -0.39 is 0 Å². The van der Waals surface area contributed by atoms with Crippen molar-refractivity contribution in [3.8, 4) is 17.2 Å². The number of likely N-dealkylation sites (tertiary alicyclic amines) is 1. The second kappa shape index (κ2) is 13.4. The lowest BCUT2D eigenvalue weighted by molar-refractivity contribution is 0.289. The highest BCUT2D eigenvalue weighted by Gasteiger charge is 2.26. The van der Waals surface area contributed by atoms with Crippen LogP contribution in [0, 0.1) is 0 Å². The van der Waals surface area contributed by atoms with E-state index in [1.165, 1.54) is 66.7 Å².